The van der Waals surface area contributed by atoms with Gasteiger partial charge in [0.05, 0.1) is 12.0 Å². The molecule has 0 atom stereocenters. The van der Waals surface area contributed by atoms with Gasteiger partial charge in [0.1, 0.15) is 6.34 Å². The van der Waals surface area contributed by atoms with Crippen LogP contribution in [0, 0.1) is 5.41 Å². The Morgan fingerprint density at radius 1 is 1.80 bits per heavy atom. The predicted molar refractivity (Wildman–Crippen MR) is 41.6 cm³/mol. The Labute approximate surface area is 58.9 Å². The Hall–Kier alpha value is -1.45. The summed E-state index contributed by atoms with van der Waals surface area (Å²) in [5.74, 6) is 0.567. The molecular formula is C6H8N4. The van der Waals surface area contributed by atoms with Crippen LogP contribution >= 0.6 is 0 Å². The number of hydrogen-bond acceptors (Lipinski definition) is 2. The van der Waals surface area contributed by atoms with Crippen LogP contribution in [0.15, 0.2) is 21.8 Å². The van der Waals surface area contributed by atoms with Crippen LogP contribution in [0.5, 0.6) is 0 Å². The first-order chi connectivity index (χ1) is 4.88. The Bertz CT molecular complexity index is 224. The molecule has 0 unspecified atom stereocenters. The molecule has 0 spiro atoms. The molecule has 2 N–H and O–H groups in total. The van der Waals surface area contributed by atoms with Gasteiger partial charge in [0.25, 0.3) is 0 Å². The molecule has 1 aliphatic rings. The zero-order valence-electron chi connectivity index (χ0n) is 5.63. The molecule has 0 saturated carbocycles. The van der Waals surface area contributed by atoms with Crippen LogP contribution in [0.3, 0.4) is 0 Å². The number of rotatable bonds is 1. The van der Waals surface area contributed by atoms with E-state index in [1.807, 2.05) is 13.0 Å². The predicted octanol–water partition coefficient (Wildman–Crippen LogP) is 0.527. The highest BCUT2D eigenvalue weighted by Crippen LogP contribution is 1.98. The lowest BCUT2D eigenvalue weighted by molar-refractivity contribution is 1.27. The van der Waals surface area contributed by atoms with E-state index in [2.05, 4.69) is 15.3 Å². The van der Waals surface area contributed by atoms with Crippen LogP contribution < -0.4 is 5.32 Å². The lowest BCUT2D eigenvalue weighted by Crippen LogP contribution is -2.07. The first kappa shape index (κ1) is 6.67. The monoisotopic (exact) mass is 136 g/mol. The minimum Gasteiger partial charge on any atom is -0.343 e. The van der Waals surface area contributed by atoms with E-state index in [-0.39, 0.29) is 0 Å². The molecule has 0 bridgehead atoms. The average Bonchev–Trinajstić information content (AvgIpc) is 2.36. The number of aliphatic imine (C=N–C) groups is 2. The largest absolute Gasteiger partial charge is 0.343 e. The Morgan fingerprint density at radius 2 is 2.60 bits per heavy atom. The molecule has 0 amide bonds. The molecule has 0 aliphatic carbocycles. The van der Waals surface area contributed by atoms with E-state index in [0.717, 1.165) is 12.0 Å². The SMILES string of the molecule is C/C=C1/NC=N/C1=N/C=N. The summed E-state index contributed by atoms with van der Waals surface area (Å²) < 4.78 is 0. The van der Waals surface area contributed by atoms with Crippen molar-refractivity contribution in [3.05, 3.63) is 11.8 Å². The van der Waals surface area contributed by atoms with Crippen molar-refractivity contribution < 1.29 is 0 Å². The van der Waals surface area contributed by atoms with Gasteiger partial charge in [-0.05, 0) is 6.92 Å². The van der Waals surface area contributed by atoms with Crippen molar-refractivity contribution in [3.63, 3.8) is 0 Å². The molecule has 1 heterocycles. The van der Waals surface area contributed by atoms with Gasteiger partial charge < -0.3 is 5.32 Å². The van der Waals surface area contributed by atoms with Crippen LogP contribution in [-0.2, 0) is 0 Å². The van der Waals surface area contributed by atoms with E-state index in [4.69, 9.17) is 5.41 Å². The Morgan fingerprint density at radius 3 is 3.20 bits per heavy atom. The smallest absolute Gasteiger partial charge is 0.178 e. The Kier molecular flexibility index (Phi) is 1.94. The molecule has 0 saturated heterocycles. The van der Waals surface area contributed by atoms with Gasteiger partial charge in [0, 0.05) is 0 Å². The fourth-order valence-corrected chi connectivity index (χ4v) is 0.674. The molecule has 0 radical (unpaired) electrons. The number of nitrogens with zero attached hydrogens (tertiary/aromatic N) is 2. The highest BCUT2D eigenvalue weighted by Gasteiger charge is 2.06. The van der Waals surface area contributed by atoms with Crippen molar-refractivity contribution in [3.8, 4) is 0 Å². The molecule has 4 nitrogen and oxygen atoms in total. The first-order valence-corrected chi connectivity index (χ1v) is 2.91. The molecule has 4 heteroatoms. The topological polar surface area (TPSA) is 60.6 Å². The molecule has 0 aromatic carbocycles. The standard InChI is InChI=1S/C6H8N4/c1-2-5-6(8-3-7)10-4-9-5/h2-4H,1H3,(H2,7,8,9,10)/b5-2+. The summed E-state index contributed by atoms with van der Waals surface area (Å²) in [4.78, 5) is 7.58. The maximum atomic E-state index is 6.69. The second-order valence-corrected chi connectivity index (χ2v) is 1.69. The van der Waals surface area contributed by atoms with Crippen molar-refractivity contribution >= 4 is 18.5 Å². The number of allylic oxidation sites excluding steroid dienone is 1. The van der Waals surface area contributed by atoms with E-state index in [1.54, 1.807) is 6.34 Å². The second kappa shape index (κ2) is 2.91. The number of hydrogen-bond donors (Lipinski definition) is 2. The van der Waals surface area contributed by atoms with Gasteiger partial charge in [-0.2, -0.15) is 0 Å². The maximum absolute atomic E-state index is 6.69. The number of amidine groups is 1. The zero-order valence-corrected chi connectivity index (χ0v) is 5.63. The Balaban J connectivity index is 2.86. The van der Waals surface area contributed by atoms with Crippen LogP contribution in [0.1, 0.15) is 6.92 Å². The summed E-state index contributed by atoms with van der Waals surface area (Å²) in [5.41, 5.74) is 0.850. The third-order valence-electron chi connectivity index (χ3n) is 1.12. The lowest BCUT2D eigenvalue weighted by Gasteiger charge is -1.92. The van der Waals surface area contributed by atoms with E-state index in [1.165, 1.54) is 0 Å². The number of nitrogens with one attached hydrogen (secondary N) is 2. The summed E-state index contributed by atoms with van der Waals surface area (Å²) in [6.45, 7) is 1.89. The highest BCUT2D eigenvalue weighted by molar-refractivity contribution is 6.10. The van der Waals surface area contributed by atoms with E-state index in [9.17, 15) is 0 Å². The fourth-order valence-electron chi connectivity index (χ4n) is 0.674. The van der Waals surface area contributed by atoms with Gasteiger partial charge in [-0.3, -0.25) is 5.41 Å². The van der Waals surface area contributed by atoms with Gasteiger partial charge in [0.15, 0.2) is 5.84 Å². The van der Waals surface area contributed by atoms with Crippen molar-refractivity contribution in [2.45, 2.75) is 6.92 Å². The quantitative estimate of drug-likeness (QED) is 0.401. The third kappa shape index (κ3) is 1.10. The molecule has 1 rings (SSSR count). The molecule has 10 heavy (non-hydrogen) atoms. The van der Waals surface area contributed by atoms with Gasteiger partial charge in [0.2, 0.25) is 0 Å². The van der Waals surface area contributed by atoms with Crippen molar-refractivity contribution in [1.82, 2.24) is 5.32 Å². The first-order valence-electron chi connectivity index (χ1n) is 2.91. The second-order valence-electron chi connectivity index (χ2n) is 1.69. The summed E-state index contributed by atoms with van der Waals surface area (Å²) in [6, 6.07) is 0. The van der Waals surface area contributed by atoms with Crippen LogP contribution in [0.4, 0.5) is 0 Å². The van der Waals surface area contributed by atoms with E-state index in [0.29, 0.717) is 5.84 Å². The minimum atomic E-state index is 0.567. The van der Waals surface area contributed by atoms with Crippen LogP contribution in [0.2, 0.25) is 0 Å². The highest BCUT2D eigenvalue weighted by atomic mass is 15.1. The normalized spacial score (nSPS) is 23.7. The maximum Gasteiger partial charge on any atom is 0.178 e. The van der Waals surface area contributed by atoms with Gasteiger partial charge in [-0.15, -0.1) is 0 Å². The van der Waals surface area contributed by atoms with E-state index >= 15 is 0 Å². The molecule has 0 fully saturated rings. The fraction of sp³-hybridized carbons (Fsp3) is 0.167. The molecule has 1 aliphatic heterocycles. The van der Waals surface area contributed by atoms with Gasteiger partial charge in [-0.25, -0.2) is 9.98 Å². The van der Waals surface area contributed by atoms with Gasteiger partial charge in [-0.1, -0.05) is 6.08 Å². The third-order valence-corrected chi connectivity index (χ3v) is 1.12. The summed E-state index contributed by atoms with van der Waals surface area (Å²) >= 11 is 0. The molecule has 0 aromatic heterocycles. The van der Waals surface area contributed by atoms with Crippen LogP contribution in [0.25, 0.3) is 0 Å². The zero-order chi connectivity index (χ0) is 7.40. The van der Waals surface area contributed by atoms with E-state index < -0.39 is 0 Å². The van der Waals surface area contributed by atoms with Crippen molar-refractivity contribution in [1.29, 1.82) is 5.41 Å². The van der Waals surface area contributed by atoms with Gasteiger partial charge >= 0.3 is 0 Å². The van der Waals surface area contributed by atoms with Crippen molar-refractivity contribution in [2.24, 2.45) is 9.98 Å². The molecule has 0 aromatic rings. The molecule has 52 valence electrons. The summed E-state index contributed by atoms with van der Waals surface area (Å²) in [5, 5.41) is 9.57. The summed E-state index contributed by atoms with van der Waals surface area (Å²) in [6.07, 6.45) is 4.39. The average molecular weight is 136 g/mol. The summed E-state index contributed by atoms with van der Waals surface area (Å²) in [7, 11) is 0. The van der Waals surface area contributed by atoms with Crippen LogP contribution in [-0.4, -0.2) is 18.5 Å². The lowest BCUT2D eigenvalue weighted by atomic mass is 10.4. The minimum absolute atomic E-state index is 0.567. The molecular weight excluding hydrogens is 128 g/mol. The van der Waals surface area contributed by atoms with Crippen molar-refractivity contribution in [2.75, 3.05) is 0 Å².